The number of aryl methyl sites for hydroxylation is 2. The Morgan fingerprint density at radius 3 is 2.67 bits per heavy atom. The van der Waals surface area contributed by atoms with E-state index in [2.05, 4.69) is 24.1 Å². The molecule has 0 saturated heterocycles. The topological polar surface area (TPSA) is 45.2 Å². The van der Waals surface area contributed by atoms with Gasteiger partial charge in [0.15, 0.2) is 0 Å². The molecule has 0 bridgehead atoms. The van der Waals surface area contributed by atoms with E-state index < -0.39 is 0 Å². The van der Waals surface area contributed by atoms with Gasteiger partial charge >= 0.3 is 0 Å². The van der Waals surface area contributed by atoms with Crippen molar-refractivity contribution in [2.45, 2.75) is 71.1 Å². The number of hydrogen-bond donors (Lipinski definition) is 2. The Kier molecular flexibility index (Phi) is 4.76. The summed E-state index contributed by atoms with van der Waals surface area (Å²) in [6.07, 6.45) is 5.47. The lowest BCUT2D eigenvalue weighted by Crippen LogP contribution is -2.40. The molecule has 0 aromatic carbocycles. The molecule has 1 saturated carbocycles. The van der Waals surface area contributed by atoms with Gasteiger partial charge in [0.1, 0.15) is 0 Å². The first-order chi connectivity index (χ1) is 8.58. The van der Waals surface area contributed by atoms with Gasteiger partial charge in [-0.3, -0.25) is 0 Å². The van der Waals surface area contributed by atoms with Crippen LogP contribution < -0.4 is 5.32 Å². The van der Waals surface area contributed by atoms with Crippen molar-refractivity contribution in [3.63, 3.8) is 0 Å². The molecule has 18 heavy (non-hydrogen) atoms. The summed E-state index contributed by atoms with van der Waals surface area (Å²) in [6, 6.07) is 0.526. The molecular weight excluding hydrogens is 244 g/mol. The van der Waals surface area contributed by atoms with E-state index in [1.165, 1.54) is 17.7 Å². The minimum atomic E-state index is -0.190. The zero-order chi connectivity index (χ0) is 13.1. The van der Waals surface area contributed by atoms with Gasteiger partial charge in [-0.2, -0.15) is 0 Å². The van der Waals surface area contributed by atoms with Crippen molar-refractivity contribution < 1.29 is 5.11 Å². The molecule has 3 atom stereocenters. The van der Waals surface area contributed by atoms with Crippen molar-refractivity contribution in [1.29, 1.82) is 0 Å². The second kappa shape index (κ2) is 6.13. The quantitative estimate of drug-likeness (QED) is 0.828. The van der Waals surface area contributed by atoms with Gasteiger partial charge in [-0.25, -0.2) is 4.98 Å². The fourth-order valence-electron chi connectivity index (χ4n) is 2.83. The Hall–Kier alpha value is -0.450. The van der Waals surface area contributed by atoms with E-state index in [9.17, 15) is 5.11 Å². The molecule has 1 fully saturated rings. The van der Waals surface area contributed by atoms with E-state index in [1.54, 1.807) is 11.3 Å². The van der Waals surface area contributed by atoms with Crippen molar-refractivity contribution in [2.24, 2.45) is 0 Å². The fraction of sp³-hybridized carbons (Fsp3) is 0.786. The number of rotatable bonds is 3. The molecule has 4 heteroatoms. The smallest absolute Gasteiger partial charge is 0.0900 e. The van der Waals surface area contributed by atoms with Gasteiger partial charge in [0.2, 0.25) is 0 Å². The predicted molar refractivity (Wildman–Crippen MR) is 76.0 cm³/mol. The molecule has 0 spiro atoms. The Bertz CT molecular complexity index is 391. The maximum atomic E-state index is 10.1. The van der Waals surface area contributed by atoms with Gasteiger partial charge in [-0.15, -0.1) is 11.3 Å². The van der Waals surface area contributed by atoms with Crippen LogP contribution in [0.4, 0.5) is 0 Å². The molecule has 1 heterocycles. The first-order valence-corrected chi connectivity index (χ1v) is 7.77. The summed E-state index contributed by atoms with van der Waals surface area (Å²) in [5, 5.41) is 14.9. The molecule has 102 valence electrons. The molecular formula is C14H24N2OS. The highest BCUT2D eigenvalue weighted by Gasteiger charge is 2.24. The van der Waals surface area contributed by atoms with Crippen molar-refractivity contribution in [2.75, 3.05) is 0 Å². The van der Waals surface area contributed by atoms with Crippen LogP contribution in [0, 0.1) is 13.8 Å². The second-order valence-corrected chi connectivity index (χ2v) is 6.62. The first kappa shape index (κ1) is 14.0. The number of aliphatic hydroxyl groups is 1. The summed E-state index contributed by atoms with van der Waals surface area (Å²) >= 11 is 1.76. The third kappa shape index (κ3) is 3.31. The maximum absolute atomic E-state index is 10.1. The molecule has 1 aromatic heterocycles. The van der Waals surface area contributed by atoms with Gasteiger partial charge in [0.25, 0.3) is 0 Å². The third-order valence-electron chi connectivity index (χ3n) is 3.78. The van der Waals surface area contributed by atoms with Crippen LogP contribution in [0.5, 0.6) is 0 Å². The van der Waals surface area contributed by atoms with E-state index >= 15 is 0 Å². The van der Waals surface area contributed by atoms with Crippen LogP contribution in [0.25, 0.3) is 0 Å². The van der Waals surface area contributed by atoms with Crippen molar-refractivity contribution in [1.82, 2.24) is 10.3 Å². The number of aromatic nitrogens is 1. The number of hydrogen-bond acceptors (Lipinski definition) is 4. The summed E-state index contributed by atoms with van der Waals surface area (Å²) in [5.74, 6) is 0. The fourth-order valence-corrected chi connectivity index (χ4v) is 3.77. The predicted octanol–water partition coefficient (Wildman–Crippen LogP) is 3.10. The summed E-state index contributed by atoms with van der Waals surface area (Å²) in [7, 11) is 0. The Labute approximate surface area is 114 Å². The number of nitrogens with zero attached hydrogens (tertiary/aromatic N) is 1. The lowest BCUT2D eigenvalue weighted by molar-refractivity contribution is 0.115. The van der Waals surface area contributed by atoms with Crippen LogP contribution in [-0.4, -0.2) is 22.2 Å². The Morgan fingerprint density at radius 1 is 1.28 bits per heavy atom. The number of nitrogens with one attached hydrogen (secondary N) is 1. The highest BCUT2D eigenvalue weighted by molar-refractivity contribution is 7.11. The van der Waals surface area contributed by atoms with Crippen molar-refractivity contribution >= 4 is 11.3 Å². The highest BCUT2D eigenvalue weighted by atomic mass is 32.1. The number of aliphatic hydroxyl groups excluding tert-OH is 1. The monoisotopic (exact) mass is 268 g/mol. The molecule has 0 aliphatic heterocycles. The van der Waals surface area contributed by atoms with E-state index in [0.717, 1.165) is 30.0 Å². The largest absolute Gasteiger partial charge is 0.392 e. The maximum Gasteiger partial charge on any atom is 0.0900 e. The standard InChI is InChI=1S/C14H24N2OS/c1-9-14(18-11(3)15-9)10(2)16-12-7-5-4-6-8-13(12)17/h10,12-13,16-17H,4-8H2,1-3H3. The Morgan fingerprint density at radius 2 is 2.00 bits per heavy atom. The molecule has 1 aromatic rings. The first-order valence-electron chi connectivity index (χ1n) is 6.96. The molecule has 3 nitrogen and oxygen atoms in total. The van der Waals surface area contributed by atoms with E-state index in [0.29, 0.717) is 0 Å². The molecule has 1 aliphatic carbocycles. The van der Waals surface area contributed by atoms with E-state index in [1.807, 2.05) is 6.92 Å². The molecule has 3 unspecified atom stereocenters. The van der Waals surface area contributed by atoms with Crippen LogP contribution >= 0.6 is 11.3 Å². The highest BCUT2D eigenvalue weighted by Crippen LogP contribution is 2.27. The molecule has 2 N–H and O–H groups in total. The van der Waals surface area contributed by atoms with Crippen LogP contribution in [-0.2, 0) is 0 Å². The molecule has 0 amide bonds. The minimum Gasteiger partial charge on any atom is -0.392 e. The van der Waals surface area contributed by atoms with Crippen LogP contribution in [0.3, 0.4) is 0 Å². The second-order valence-electron chi connectivity index (χ2n) is 5.38. The molecule has 2 rings (SSSR count). The number of thiazole rings is 1. The molecule has 1 aliphatic rings. The lowest BCUT2D eigenvalue weighted by atomic mass is 10.0. The average molecular weight is 268 g/mol. The van der Waals surface area contributed by atoms with E-state index in [-0.39, 0.29) is 18.2 Å². The van der Waals surface area contributed by atoms with Crippen LogP contribution in [0.2, 0.25) is 0 Å². The SMILES string of the molecule is Cc1nc(C)c(C(C)NC2CCCCCC2O)s1. The van der Waals surface area contributed by atoms with Gasteiger partial charge in [-0.1, -0.05) is 19.3 Å². The van der Waals surface area contributed by atoms with Crippen LogP contribution in [0.15, 0.2) is 0 Å². The lowest BCUT2D eigenvalue weighted by Gasteiger charge is -2.25. The zero-order valence-corrected chi connectivity index (χ0v) is 12.4. The van der Waals surface area contributed by atoms with Crippen molar-refractivity contribution in [3.8, 4) is 0 Å². The van der Waals surface area contributed by atoms with Crippen molar-refractivity contribution in [3.05, 3.63) is 15.6 Å². The van der Waals surface area contributed by atoms with E-state index in [4.69, 9.17) is 0 Å². The Balaban J connectivity index is 2.01. The van der Waals surface area contributed by atoms with Gasteiger partial charge < -0.3 is 10.4 Å². The normalized spacial score (nSPS) is 26.9. The summed E-state index contributed by atoms with van der Waals surface area (Å²) < 4.78 is 0. The van der Waals surface area contributed by atoms with Crippen LogP contribution in [0.1, 0.15) is 60.6 Å². The van der Waals surface area contributed by atoms with Gasteiger partial charge in [0.05, 0.1) is 16.8 Å². The summed E-state index contributed by atoms with van der Waals surface area (Å²) in [6.45, 7) is 6.30. The zero-order valence-electron chi connectivity index (χ0n) is 11.6. The minimum absolute atomic E-state index is 0.190. The molecule has 0 radical (unpaired) electrons. The van der Waals surface area contributed by atoms with Gasteiger partial charge in [-0.05, 0) is 33.6 Å². The van der Waals surface area contributed by atoms with Gasteiger partial charge in [0, 0.05) is 17.0 Å². The average Bonchev–Trinajstić information content (AvgIpc) is 2.52. The third-order valence-corrected chi connectivity index (χ3v) is 5.03. The summed E-state index contributed by atoms with van der Waals surface area (Å²) in [5.41, 5.74) is 1.13. The summed E-state index contributed by atoms with van der Waals surface area (Å²) in [4.78, 5) is 5.79.